The number of esters is 1. The van der Waals surface area contributed by atoms with Crippen molar-refractivity contribution in [2.24, 2.45) is 0 Å². The number of rotatable bonds is 37. The van der Waals surface area contributed by atoms with Crippen LogP contribution in [0.1, 0.15) is 181 Å². The van der Waals surface area contributed by atoms with Gasteiger partial charge in [-0.3, -0.25) is 13.8 Å². The van der Waals surface area contributed by atoms with Crippen LogP contribution < -0.4 is 0 Å². The van der Waals surface area contributed by atoms with Gasteiger partial charge in [-0.1, -0.05) is 134 Å². The van der Waals surface area contributed by atoms with Crippen LogP contribution in [0.4, 0.5) is 0 Å². The normalized spacial score (nSPS) is 23.2. The number of ether oxygens (including phenoxy) is 2. The minimum atomic E-state index is -5.02. The first-order valence-corrected chi connectivity index (χ1v) is 23.7. The quantitative estimate of drug-likeness (QED) is 0.0152. The molecule has 0 bridgehead atoms. The highest BCUT2D eigenvalue weighted by molar-refractivity contribution is 7.47. The molecule has 1 aliphatic carbocycles. The fourth-order valence-corrected chi connectivity index (χ4v) is 7.67. The highest BCUT2D eigenvalue weighted by atomic mass is 31.2. The van der Waals surface area contributed by atoms with Crippen molar-refractivity contribution in [1.29, 1.82) is 0 Å². The van der Waals surface area contributed by atoms with Crippen LogP contribution >= 0.6 is 7.82 Å². The molecule has 1 fully saturated rings. The zero-order chi connectivity index (χ0) is 41.3. The van der Waals surface area contributed by atoms with Crippen LogP contribution in [0.2, 0.25) is 0 Å². The number of unbranched alkanes of at least 4 members (excludes halogenated alkanes) is 21. The molecule has 1 saturated carbocycles. The molecule has 0 spiro atoms. The SMILES string of the molecule is CCCCCC/C=C\CCCCCCCCOCC(COP(=O)(O)OC1C(O)C(O)C(O)C(O)C1O)OC(=O)CCCCCCC/C=C\CCCCCCCC. The van der Waals surface area contributed by atoms with Gasteiger partial charge < -0.3 is 39.9 Å². The summed E-state index contributed by atoms with van der Waals surface area (Å²) < 4.78 is 34.1. The van der Waals surface area contributed by atoms with E-state index in [1.54, 1.807) is 0 Å². The molecule has 6 N–H and O–H groups in total. The van der Waals surface area contributed by atoms with Crippen molar-refractivity contribution < 1.29 is 58.3 Å². The molecule has 0 aromatic carbocycles. The van der Waals surface area contributed by atoms with E-state index in [4.69, 9.17) is 18.5 Å². The molecule has 6 atom stereocenters. The van der Waals surface area contributed by atoms with E-state index in [0.717, 1.165) is 70.6 Å². The van der Waals surface area contributed by atoms with Crippen molar-refractivity contribution in [3.05, 3.63) is 24.3 Å². The topological polar surface area (TPSA) is 192 Å². The van der Waals surface area contributed by atoms with E-state index in [0.29, 0.717) is 13.0 Å². The Balaban J connectivity index is 2.43. The number of hydrogen-bond donors (Lipinski definition) is 6. The molecule has 0 radical (unpaired) electrons. The molecule has 0 saturated heterocycles. The van der Waals surface area contributed by atoms with Gasteiger partial charge >= 0.3 is 13.8 Å². The predicted molar refractivity (Wildman–Crippen MR) is 221 cm³/mol. The Morgan fingerprint density at radius 1 is 0.554 bits per heavy atom. The third kappa shape index (κ3) is 26.7. The number of phosphoric ester groups is 1. The molecule has 6 unspecified atom stereocenters. The molecule has 1 rings (SSSR count). The molecule has 13 heteroatoms. The Morgan fingerprint density at radius 2 is 0.946 bits per heavy atom. The molecule has 1 aliphatic rings. The van der Waals surface area contributed by atoms with Crippen molar-refractivity contribution >= 4 is 13.8 Å². The highest BCUT2D eigenvalue weighted by Crippen LogP contribution is 2.47. The Bertz CT molecular complexity index is 1030. The third-order valence-electron chi connectivity index (χ3n) is 10.3. The molecule has 0 heterocycles. The summed E-state index contributed by atoms with van der Waals surface area (Å²) in [6, 6.07) is 0. The Morgan fingerprint density at radius 3 is 1.43 bits per heavy atom. The zero-order valence-electron chi connectivity index (χ0n) is 34.9. The molecule has 0 aromatic rings. The lowest BCUT2D eigenvalue weighted by atomic mass is 9.85. The summed E-state index contributed by atoms with van der Waals surface area (Å²) in [4.78, 5) is 23.1. The second-order valence-corrected chi connectivity index (χ2v) is 16.9. The van der Waals surface area contributed by atoms with Gasteiger partial charge in [0.25, 0.3) is 0 Å². The van der Waals surface area contributed by atoms with E-state index in [1.165, 1.54) is 83.5 Å². The van der Waals surface area contributed by atoms with E-state index in [2.05, 4.69) is 38.2 Å². The smallest absolute Gasteiger partial charge is 0.457 e. The van der Waals surface area contributed by atoms with Crippen LogP contribution in [0.25, 0.3) is 0 Å². The summed E-state index contributed by atoms with van der Waals surface area (Å²) in [5.74, 6) is -0.488. The van der Waals surface area contributed by atoms with Crippen LogP contribution in [0.5, 0.6) is 0 Å². The molecule has 12 nitrogen and oxygen atoms in total. The number of allylic oxidation sites excluding steroid dienone is 4. The number of aliphatic hydroxyl groups excluding tert-OH is 5. The van der Waals surface area contributed by atoms with Crippen molar-refractivity contribution in [3.63, 3.8) is 0 Å². The summed E-state index contributed by atoms with van der Waals surface area (Å²) in [6.45, 7) is 4.21. The standard InChI is InChI=1S/C43H81O12P/c1-3-5-7-9-11-13-15-17-19-20-22-24-26-28-30-32-37(44)54-36(34-52-33-31-29-27-25-23-21-18-16-14-12-10-8-6-4-2)35-53-56(50,51)55-43-41(48)39(46)38(45)40(47)42(43)49/h14,16-17,19,36,38-43,45-49H,3-13,15,18,20-35H2,1-2H3,(H,50,51)/b16-14-,19-17-. The summed E-state index contributed by atoms with van der Waals surface area (Å²) in [5.41, 5.74) is 0. The van der Waals surface area contributed by atoms with Crippen LogP contribution in [-0.2, 0) is 27.9 Å². The monoisotopic (exact) mass is 821 g/mol. The summed E-state index contributed by atoms with van der Waals surface area (Å²) in [7, 11) is -5.02. The minimum Gasteiger partial charge on any atom is -0.457 e. The lowest BCUT2D eigenvalue weighted by molar-refractivity contribution is -0.220. The zero-order valence-corrected chi connectivity index (χ0v) is 35.8. The van der Waals surface area contributed by atoms with Crippen molar-refractivity contribution in [1.82, 2.24) is 0 Å². The Kier molecular flexibility index (Phi) is 32.7. The van der Waals surface area contributed by atoms with Gasteiger partial charge in [0.05, 0.1) is 13.2 Å². The van der Waals surface area contributed by atoms with Crippen molar-refractivity contribution in [2.75, 3.05) is 19.8 Å². The summed E-state index contributed by atoms with van der Waals surface area (Å²) in [6.07, 6.45) is 25.3. The maximum Gasteiger partial charge on any atom is 0.472 e. The van der Waals surface area contributed by atoms with E-state index in [1.807, 2.05) is 0 Å². The van der Waals surface area contributed by atoms with Crippen LogP contribution in [-0.4, -0.2) is 98.9 Å². The van der Waals surface area contributed by atoms with Crippen molar-refractivity contribution in [2.45, 2.75) is 224 Å². The van der Waals surface area contributed by atoms with Gasteiger partial charge in [0.2, 0.25) is 0 Å². The predicted octanol–water partition coefficient (Wildman–Crippen LogP) is 8.53. The molecular formula is C43H81O12P. The molecule has 330 valence electrons. The van der Waals surface area contributed by atoms with Gasteiger partial charge in [-0.25, -0.2) is 4.57 Å². The summed E-state index contributed by atoms with van der Waals surface area (Å²) in [5, 5.41) is 50.1. The number of carbonyl (C=O) groups is 1. The van der Waals surface area contributed by atoms with Gasteiger partial charge in [-0.15, -0.1) is 0 Å². The van der Waals surface area contributed by atoms with E-state index in [-0.39, 0.29) is 13.0 Å². The average molecular weight is 821 g/mol. The summed E-state index contributed by atoms with van der Waals surface area (Å²) >= 11 is 0. The largest absolute Gasteiger partial charge is 0.472 e. The maximum absolute atomic E-state index is 12.8. The molecular weight excluding hydrogens is 739 g/mol. The Labute approximate surface area is 339 Å². The van der Waals surface area contributed by atoms with Gasteiger partial charge in [0.1, 0.15) is 42.7 Å². The lowest BCUT2D eigenvalue weighted by Gasteiger charge is -2.41. The molecule has 56 heavy (non-hydrogen) atoms. The maximum atomic E-state index is 12.8. The van der Waals surface area contributed by atoms with Gasteiger partial charge in [0, 0.05) is 13.0 Å². The average Bonchev–Trinajstić information content (AvgIpc) is 3.18. The molecule has 0 aromatic heterocycles. The third-order valence-corrected chi connectivity index (χ3v) is 11.3. The van der Waals surface area contributed by atoms with Crippen LogP contribution in [0.3, 0.4) is 0 Å². The first-order chi connectivity index (χ1) is 27.0. The van der Waals surface area contributed by atoms with E-state index in [9.17, 15) is 39.8 Å². The van der Waals surface area contributed by atoms with E-state index >= 15 is 0 Å². The van der Waals surface area contributed by atoms with Gasteiger partial charge in [-0.2, -0.15) is 0 Å². The molecule has 0 amide bonds. The van der Waals surface area contributed by atoms with Crippen LogP contribution in [0.15, 0.2) is 24.3 Å². The second kappa shape index (κ2) is 34.7. The lowest BCUT2D eigenvalue weighted by Crippen LogP contribution is -2.64. The molecule has 0 aliphatic heterocycles. The van der Waals surface area contributed by atoms with Gasteiger partial charge in [0.15, 0.2) is 0 Å². The van der Waals surface area contributed by atoms with Crippen molar-refractivity contribution in [3.8, 4) is 0 Å². The highest BCUT2D eigenvalue weighted by Gasteiger charge is 2.51. The number of aliphatic hydroxyl groups is 5. The first kappa shape index (κ1) is 52.8. The number of phosphoric acid groups is 1. The fourth-order valence-electron chi connectivity index (χ4n) is 6.70. The van der Waals surface area contributed by atoms with Crippen LogP contribution in [0, 0.1) is 0 Å². The first-order valence-electron chi connectivity index (χ1n) is 22.2. The fraction of sp³-hybridized carbons (Fsp3) is 0.884. The minimum absolute atomic E-state index is 0.0821. The Hall–Kier alpha value is -1.18. The van der Waals surface area contributed by atoms with Gasteiger partial charge in [-0.05, 0) is 64.2 Å². The number of hydrogen-bond acceptors (Lipinski definition) is 11. The number of carbonyl (C=O) groups excluding carboxylic acids is 1. The van der Waals surface area contributed by atoms with E-state index < -0.39 is 63.1 Å². The second-order valence-electron chi connectivity index (χ2n) is 15.5.